The number of nitrogens with zero attached hydrogens (tertiary/aromatic N) is 2. The summed E-state index contributed by atoms with van der Waals surface area (Å²) in [5.41, 5.74) is 5.61. The lowest BCUT2D eigenvalue weighted by atomic mass is 9.95. The maximum atomic E-state index is 13.4. The topological polar surface area (TPSA) is 37.3 Å². The Morgan fingerprint density at radius 3 is 2.86 bits per heavy atom. The summed E-state index contributed by atoms with van der Waals surface area (Å²) in [6, 6.07) is 9.72. The number of thiophene rings is 1. The van der Waals surface area contributed by atoms with Crippen LogP contribution in [0, 0.1) is 6.92 Å². The van der Waals surface area contributed by atoms with E-state index in [1.807, 2.05) is 41.4 Å². The van der Waals surface area contributed by atoms with Gasteiger partial charge in [0.05, 0.1) is 12.6 Å². The van der Waals surface area contributed by atoms with Gasteiger partial charge in [-0.1, -0.05) is 17.7 Å². The standard InChI is InChI=1S/C23H24ClN3OS/c1-14-18(24)8-5-9-19(14)25-23(28)27-13-17-16-7-3-4-11-21(16)29-22(17)26-12-6-10-20(26)15(27)2/h5-6,8-10,12,15H,3-4,7,11,13H2,1-2H3,(H,25,28)/t15-/m0/s1. The minimum Gasteiger partial charge on any atom is -0.312 e. The monoisotopic (exact) mass is 425 g/mol. The maximum absolute atomic E-state index is 13.4. The molecule has 2 aromatic heterocycles. The van der Waals surface area contributed by atoms with Gasteiger partial charge in [-0.2, -0.15) is 0 Å². The summed E-state index contributed by atoms with van der Waals surface area (Å²) in [5.74, 6) is 0. The second-order valence-electron chi connectivity index (χ2n) is 7.94. The number of carbonyl (C=O) groups excluding carboxylic acids is 1. The van der Waals surface area contributed by atoms with E-state index in [2.05, 4.69) is 35.1 Å². The van der Waals surface area contributed by atoms with Crippen LogP contribution in [0.1, 0.15) is 53.1 Å². The Morgan fingerprint density at radius 1 is 1.17 bits per heavy atom. The minimum absolute atomic E-state index is 0.0247. The molecule has 0 fully saturated rings. The molecule has 3 heterocycles. The lowest BCUT2D eigenvalue weighted by molar-refractivity contribution is 0.189. The molecule has 1 N–H and O–H groups in total. The van der Waals surface area contributed by atoms with Crippen LogP contribution >= 0.6 is 22.9 Å². The SMILES string of the molecule is Cc1c(Cl)cccc1NC(=O)N1Cc2c(sc3c2CCCC3)-n2cccc2[C@@H]1C. The molecule has 5 rings (SSSR count). The largest absolute Gasteiger partial charge is 0.322 e. The van der Waals surface area contributed by atoms with Gasteiger partial charge in [0.25, 0.3) is 0 Å². The Labute approximate surface area is 180 Å². The summed E-state index contributed by atoms with van der Waals surface area (Å²) in [7, 11) is 0. The number of aromatic nitrogens is 1. The molecule has 0 saturated carbocycles. The first-order chi connectivity index (χ1) is 14.0. The van der Waals surface area contributed by atoms with Gasteiger partial charge in [-0.05, 0) is 74.9 Å². The lowest BCUT2D eigenvalue weighted by Crippen LogP contribution is -2.36. The summed E-state index contributed by atoms with van der Waals surface area (Å²) < 4.78 is 2.29. The van der Waals surface area contributed by atoms with E-state index >= 15 is 0 Å². The van der Waals surface area contributed by atoms with Crippen molar-refractivity contribution in [3.05, 3.63) is 68.8 Å². The number of urea groups is 1. The number of amides is 2. The maximum Gasteiger partial charge on any atom is 0.322 e. The van der Waals surface area contributed by atoms with Crippen LogP contribution in [0.25, 0.3) is 5.00 Å². The fraction of sp³-hybridized carbons (Fsp3) is 0.348. The van der Waals surface area contributed by atoms with Crippen LogP contribution in [0.15, 0.2) is 36.5 Å². The van der Waals surface area contributed by atoms with Gasteiger partial charge in [0.2, 0.25) is 0 Å². The van der Waals surface area contributed by atoms with E-state index in [0.29, 0.717) is 11.6 Å². The van der Waals surface area contributed by atoms with Crippen molar-refractivity contribution in [1.82, 2.24) is 9.47 Å². The van der Waals surface area contributed by atoms with Crippen LogP contribution in [-0.2, 0) is 19.4 Å². The molecule has 29 heavy (non-hydrogen) atoms. The zero-order chi connectivity index (χ0) is 20.1. The predicted molar refractivity (Wildman–Crippen MR) is 119 cm³/mol. The second-order valence-corrected chi connectivity index (χ2v) is 9.43. The summed E-state index contributed by atoms with van der Waals surface area (Å²) >= 11 is 8.16. The zero-order valence-electron chi connectivity index (χ0n) is 16.7. The number of anilines is 1. The Hall–Kier alpha value is -2.24. The van der Waals surface area contributed by atoms with E-state index in [4.69, 9.17) is 11.6 Å². The van der Waals surface area contributed by atoms with Gasteiger partial charge in [0.1, 0.15) is 5.00 Å². The first kappa shape index (κ1) is 18.8. The van der Waals surface area contributed by atoms with Crippen molar-refractivity contribution in [2.45, 2.75) is 52.1 Å². The van der Waals surface area contributed by atoms with Crippen LogP contribution in [0.5, 0.6) is 0 Å². The predicted octanol–water partition coefficient (Wildman–Crippen LogP) is 6.49. The minimum atomic E-state index is -0.0840. The van der Waals surface area contributed by atoms with Gasteiger partial charge < -0.3 is 14.8 Å². The average molecular weight is 426 g/mol. The van der Waals surface area contributed by atoms with Crippen molar-refractivity contribution in [2.75, 3.05) is 5.32 Å². The third kappa shape index (κ3) is 3.08. The molecule has 6 heteroatoms. The highest BCUT2D eigenvalue weighted by Gasteiger charge is 2.33. The number of rotatable bonds is 1. The molecule has 1 atom stereocenters. The molecule has 0 radical (unpaired) electrons. The molecule has 3 aromatic rings. The Bertz CT molecular complexity index is 1100. The van der Waals surface area contributed by atoms with Gasteiger partial charge in [-0.25, -0.2) is 4.79 Å². The number of hydrogen-bond acceptors (Lipinski definition) is 2. The summed E-state index contributed by atoms with van der Waals surface area (Å²) in [5, 5.41) is 5.05. The summed E-state index contributed by atoms with van der Waals surface area (Å²) in [6.07, 6.45) is 6.91. The van der Waals surface area contributed by atoms with E-state index in [-0.39, 0.29) is 12.1 Å². The molecule has 1 aromatic carbocycles. The third-order valence-corrected chi connectivity index (χ3v) is 8.00. The molecule has 4 nitrogen and oxygen atoms in total. The fourth-order valence-electron chi connectivity index (χ4n) is 4.54. The molecule has 0 unspecified atom stereocenters. The number of carbonyl (C=O) groups is 1. The van der Waals surface area contributed by atoms with Crippen molar-refractivity contribution in [3.8, 4) is 5.00 Å². The third-order valence-electron chi connectivity index (χ3n) is 6.25. The number of aryl methyl sites for hydroxylation is 1. The number of halogens is 1. The van der Waals surface area contributed by atoms with E-state index in [1.54, 1.807) is 0 Å². The quantitative estimate of drug-likeness (QED) is 0.475. The number of nitrogens with one attached hydrogen (secondary N) is 1. The highest BCUT2D eigenvalue weighted by molar-refractivity contribution is 7.15. The summed E-state index contributed by atoms with van der Waals surface area (Å²) in [4.78, 5) is 16.9. The van der Waals surface area contributed by atoms with Crippen LogP contribution in [0.2, 0.25) is 5.02 Å². The zero-order valence-corrected chi connectivity index (χ0v) is 18.2. The first-order valence-electron chi connectivity index (χ1n) is 10.2. The molecule has 0 bridgehead atoms. The summed E-state index contributed by atoms with van der Waals surface area (Å²) in [6.45, 7) is 4.68. The van der Waals surface area contributed by atoms with E-state index < -0.39 is 0 Å². The Morgan fingerprint density at radius 2 is 2.00 bits per heavy atom. The molecule has 0 saturated heterocycles. The molecule has 2 aliphatic rings. The Kier molecular flexibility index (Phi) is 4.67. The van der Waals surface area contributed by atoms with Gasteiger partial charge in [0, 0.05) is 33.0 Å². The fourth-order valence-corrected chi connectivity index (χ4v) is 6.12. The average Bonchev–Trinajstić information content (AvgIpc) is 3.31. The molecule has 1 aliphatic carbocycles. The van der Waals surface area contributed by atoms with E-state index in [0.717, 1.165) is 29.8 Å². The van der Waals surface area contributed by atoms with Crippen LogP contribution in [0.3, 0.4) is 0 Å². The van der Waals surface area contributed by atoms with Crippen molar-refractivity contribution in [1.29, 1.82) is 0 Å². The lowest BCUT2D eigenvalue weighted by Gasteiger charge is -2.28. The Balaban J connectivity index is 1.55. The van der Waals surface area contributed by atoms with Gasteiger partial charge in [-0.15, -0.1) is 11.3 Å². The van der Waals surface area contributed by atoms with Gasteiger partial charge >= 0.3 is 6.03 Å². The van der Waals surface area contributed by atoms with E-state index in [1.165, 1.54) is 33.8 Å². The van der Waals surface area contributed by atoms with Gasteiger partial charge in [0.15, 0.2) is 0 Å². The van der Waals surface area contributed by atoms with Crippen molar-refractivity contribution in [3.63, 3.8) is 0 Å². The van der Waals surface area contributed by atoms with Crippen LogP contribution < -0.4 is 5.32 Å². The molecular weight excluding hydrogens is 402 g/mol. The number of benzene rings is 1. The molecule has 150 valence electrons. The number of hydrogen-bond donors (Lipinski definition) is 1. The van der Waals surface area contributed by atoms with Crippen molar-refractivity contribution in [2.24, 2.45) is 0 Å². The molecule has 0 spiro atoms. The van der Waals surface area contributed by atoms with Crippen LogP contribution in [-0.4, -0.2) is 15.5 Å². The van der Waals surface area contributed by atoms with Crippen LogP contribution in [0.4, 0.5) is 10.5 Å². The second kappa shape index (κ2) is 7.22. The van der Waals surface area contributed by atoms with Gasteiger partial charge in [-0.3, -0.25) is 0 Å². The highest BCUT2D eigenvalue weighted by Crippen LogP contribution is 2.42. The number of fused-ring (bicyclic) bond motifs is 5. The van der Waals surface area contributed by atoms with E-state index in [9.17, 15) is 4.79 Å². The molecule has 2 amide bonds. The van der Waals surface area contributed by atoms with Crippen molar-refractivity contribution >= 4 is 34.7 Å². The normalized spacial score (nSPS) is 17.9. The molecule has 1 aliphatic heterocycles. The smallest absolute Gasteiger partial charge is 0.312 e. The van der Waals surface area contributed by atoms with Crippen molar-refractivity contribution < 1.29 is 4.79 Å². The molecular formula is C23H24ClN3OS. The highest BCUT2D eigenvalue weighted by atomic mass is 35.5. The first-order valence-corrected chi connectivity index (χ1v) is 11.4.